The molecule has 0 aliphatic heterocycles. The first-order chi connectivity index (χ1) is 13.0. The van der Waals surface area contributed by atoms with Crippen molar-refractivity contribution in [3.63, 3.8) is 0 Å². The van der Waals surface area contributed by atoms with Crippen molar-refractivity contribution in [3.8, 4) is 16.5 Å². The van der Waals surface area contributed by atoms with Gasteiger partial charge in [-0.15, -0.1) is 21.5 Å². The highest BCUT2D eigenvalue weighted by Crippen LogP contribution is 2.42. The van der Waals surface area contributed by atoms with Crippen LogP contribution < -0.4 is 4.74 Å². The fraction of sp³-hybridized carbons (Fsp3) is 0.333. The molecule has 0 radical (unpaired) electrons. The topological polar surface area (TPSA) is 39.9 Å². The Bertz CT molecular complexity index is 905. The summed E-state index contributed by atoms with van der Waals surface area (Å²) < 4.78 is 43.9. The van der Waals surface area contributed by atoms with E-state index in [9.17, 15) is 13.2 Å². The summed E-state index contributed by atoms with van der Waals surface area (Å²) in [6.07, 6.45) is -2.11. The van der Waals surface area contributed by atoms with Crippen molar-refractivity contribution >= 4 is 23.1 Å². The third-order valence-corrected chi connectivity index (χ3v) is 5.87. The quantitative estimate of drug-likeness (QED) is 0.476. The van der Waals surface area contributed by atoms with Gasteiger partial charge in [-0.2, -0.15) is 13.2 Å². The number of aromatic nitrogens is 3. The molecule has 1 fully saturated rings. The maximum absolute atomic E-state index is 12.3. The van der Waals surface area contributed by atoms with E-state index in [0.29, 0.717) is 11.8 Å². The number of rotatable bonds is 7. The zero-order valence-electron chi connectivity index (χ0n) is 14.1. The van der Waals surface area contributed by atoms with Crippen LogP contribution in [0.3, 0.4) is 0 Å². The third kappa shape index (κ3) is 4.65. The number of benzene rings is 1. The van der Waals surface area contributed by atoms with E-state index in [4.69, 9.17) is 4.74 Å². The summed E-state index contributed by atoms with van der Waals surface area (Å²) in [5.74, 6) is 1.68. The van der Waals surface area contributed by atoms with Gasteiger partial charge in [0.15, 0.2) is 17.6 Å². The Kier molecular flexibility index (Phi) is 5.14. The highest BCUT2D eigenvalue weighted by Gasteiger charge is 2.30. The molecule has 1 aliphatic carbocycles. The first kappa shape index (κ1) is 18.4. The van der Waals surface area contributed by atoms with Crippen LogP contribution in [0.4, 0.5) is 13.2 Å². The largest absolute Gasteiger partial charge is 0.484 e. The molecule has 0 spiro atoms. The maximum Gasteiger partial charge on any atom is 0.422 e. The summed E-state index contributed by atoms with van der Waals surface area (Å²) in [6, 6.07) is 11.2. The lowest BCUT2D eigenvalue weighted by Gasteiger charge is -2.10. The molecule has 0 atom stereocenters. The lowest BCUT2D eigenvalue weighted by Crippen LogP contribution is -2.19. The summed E-state index contributed by atoms with van der Waals surface area (Å²) >= 11 is 3.17. The van der Waals surface area contributed by atoms with Gasteiger partial charge in [0, 0.05) is 11.8 Å². The van der Waals surface area contributed by atoms with E-state index in [1.165, 1.54) is 17.8 Å². The number of nitrogens with zero attached hydrogens (tertiary/aromatic N) is 3. The minimum Gasteiger partial charge on any atom is -0.484 e. The molecule has 27 heavy (non-hydrogen) atoms. The van der Waals surface area contributed by atoms with Crippen molar-refractivity contribution < 1.29 is 17.9 Å². The van der Waals surface area contributed by atoms with Gasteiger partial charge in [0.2, 0.25) is 0 Å². The molecule has 4 rings (SSSR count). The van der Waals surface area contributed by atoms with E-state index in [0.717, 1.165) is 34.3 Å². The number of alkyl halides is 3. The maximum atomic E-state index is 12.3. The van der Waals surface area contributed by atoms with E-state index in [-0.39, 0.29) is 5.75 Å². The number of ether oxygens (including phenoxy) is 1. The molecule has 9 heteroatoms. The van der Waals surface area contributed by atoms with Gasteiger partial charge in [0.05, 0.1) is 4.88 Å². The number of thioether (sulfide) groups is 1. The lowest BCUT2D eigenvalue weighted by atomic mass is 10.2. The first-order valence-corrected chi connectivity index (χ1v) is 10.3. The molecule has 1 aromatic carbocycles. The van der Waals surface area contributed by atoms with Crippen LogP contribution >= 0.6 is 23.1 Å². The lowest BCUT2D eigenvalue weighted by molar-refractivity contribution is -0.153. The Balaban J connectivity index is 1.46. The van der Waals surface area contributed by atoms with Crippen LogP contribution in [0.1, 0.15) is 24.4 Å². The average molecular weight is 411 g/mol. The summed E-state index contributed by atoms with van der Waals surface area (Å²) in [4.78, 5) is 1.09. The van der Waals surface area contributed by atoms with E-state index >= 15 is 0 Å². The summed E-state index contributed by atoms with van der Waals surface area (Å²) in [5.41, 5.74) is 0.877. The van der Waals surface area contributed by atoms with Gasteiger partial charge in [0.25, 0.3) is 0 Å². The van der Waals surface area contributed by atoms with Crippen LogP contribution in [0, 0.1) is 0 Å². The minimum atomic E-state index is -4.34. The van der Waals surface area contributed by atoms with Gasteiger partial charge in [-0.1, -0.05) is 30.0 Å². The molecule has 4 nitrogen and oxygen atoms in total. The summed E-state index contributed by atoms with van der Waals surface area (Å²) in [5, 5.41) is 11.6. The second-order valence-corrected chi connectivity index (χ2v) is 8.11. The average Bonchev–Trinajstić information content (AvgIpc) is 3.16. The van der Waals surface area contributed by atoms with E-state index in [1.54, 1.807) is 23.5 Å². The number of halogens is 3. The number of hydrogen-bond acceptors (Lipinski definition) is 5. The van der Waals surface area contributed by atoms with E-state index in [2.05, 4.69) is 14.8 Å². The molecule has 0 amide bonds. The van der Waals surface area contributed by atoms with Crippen LogP contribution in [0.5, 0.6) is 5.75 Å². The molecule has 2 heterocycles. The molecule has 0 bridgehead atoms. The zero-order valence-corrected chi connectivity index (χ0v) is 15.8. The molecule has 1 saturated carbocycles. The van der Waals surface area contributed by atoms with Crippen molar-refractivity contribution in [1.29, 1.82) is 0 Å². The van der Waals surface area contributed by atoms with Crippen molar-refractivity contribution in [1.82, 2.24) is 14.8 Å². The molecule has 0 saturated heterocycles. The van der Waals surface area contributed by atoms with Crippen molar-refractivity contribution in [3.05, 3.63) is 47.3 Å². The van der Waals surface area contributed by atoms with Crippen molar-refractivity contribution in [2.75, 3.05) is 6.61 Å². The summed E-state index contributed by atoms with van der Waals surface area (Å²) in [6.45, 7) is -1.29. The van der Waals surface area contributed by atoms with Crippen LogP contribution in [0.25, 0.3) is 10.7 Å². The monoisotopic (exact) mass is 411 g/mol. The first-order valence-electron chi connectivity index (χ1n) is 8.40. The van der Waals surface area contributed by atoms with Crippen LogP contribution in [0.2, 0.25) is 0 Å². The Labute approximate surface area is 162 Å². The highest BCUT2D eigenvalue weighted by molar-refractivity contribution is 7.98. The van der Waals surface area contributed by atoms with Crippen LogP contribution in [-0.2, 0) is 5.75 Å². The van der Waals surface area contributed by atoms with Gasteiger partial charge in [-0.25, -0.2) is 0 Å². The van der Waals surface area contributed by atoms with Gasteiger partial charge in [-0.05, 0) is 42.0 Å². The fourth-order valence-corrected chi connectivity index (χ4v) is 4.30. The number of thiophene rings is 1. The molecule has 0 unspecified atom stereocenters. The second kappa shape index (κ2) is 7.55. The summed E-state index contributed by atoms with van der Waals surface area (Å²) in [7, 11) is 0. The Morgan fingerprint density at radius 1 is 1.19 bits per heavy atom. The Hall–Kier alpha value is -2.00. The highest BCUT2D eigenvalue weighted by atomic mass is 32.2. The molecule has 1 aliphatic rings. The SMILES string of the molecule is FC(F)(F)COc1cccc(CSc2nnc(-c3cccs3)n2C2CC2)c1. The van der Waals surface area contributed by atoms with Gasteiger partial charge in [-0.3, -0.25) is 4.57 Å². The van der Waals surface area contributed by atoms with Crippen molar-refractivity contribution in [2.24, 2.45) is 0 Å². The molecule has 0 N–H and O–H groups in total. The molecule has 2 aromatic heterocycles. The molecular formula is C18H16F3N3OS2. The van der Waals surface area contributed by atoms with Crippen molar-refractivity contribution in [2.45, 2.75) is 36.0 Å². The zero-order chi connectivity index (χ0) is 18.9. The standard InChI is InChI=1S/C18H16F3N3OS2/c19-18(20,21)11-25-14-4-1-3-12(9-14)10-27-17-23-22-16(15-5-2-8-26-15)24(17)13-6-7-13/h1-5,8-9,13H,6-7,10-11H2. The fourth-order valence-electron chi connectivity index (χ4n) is 2.65. The third-order valence-electron chi connectivity index (χ3n) is 3.99. The molecule has 3 aromatic rings. The Morgan fingerprint density at radius 3 is 2.74 bits per heavy atom. The van der Waals surface area contributed by atoms with E-state index < -0.39 is 12.8 Å². The smallest absolute Gasteiger partial charge is 0.422 e. The number of hydrogen-bond donors (Lipinski definition) is 0. The predicted octanol–water partition coefficient (Wildman–Crippen LogP) is 5.57. The van der Waals surface area contributed by atoms with Crippen LogP contribution in [0.15, 0.2) is 46.9 Å². The predicted molar refractivity (Wildman–Crippen MR) is 99.2 cm³/mol. The Morgan fingerprint density at radius 2 is 2.04 bits per heavy atom. The van der Waals surface area contributed by atoms with Crippen LogP contribution in [-0.4, -0.2) is 27.5 Å². The molecule has 142 valence electrons. The van der Waals surface area contributed by atoms with Gasteiger partial charge in [0.1, 0.15) is 5.75 Å². The van der Waals surface area contributed by atoms with E-state index in [1.807, 2.05) is 23.6 Å². The normalized spacial score (nSPS) is 14.5. The van der Waals surface area contributed by atoms with Gasteiger partial charge >= 0.3 is 6.18 Å². The molecular weight excluding hydrogens is 395 g/mol. The minimum absolute atomic E-state index is 0.216. The second-order valence-electron chi connectivity index (χ2n) is 6.22. The van der Waals surface area contributed by atoms with Gasteiger partial charge < -0.3 is 4.74 Å².